The Kier molecular flexibility index (Phi) is 4.59. The third kappa shape index (κ3) is 3.89. The van der Waals surface area contributed by atoms with Crippen LogP contribution in [0.2, 0.25) is 0 Å². The van der Waals surface area contributed by atoms with Crippen LogP contribution in [0.4, 0.5) is 4.79 Å². The third-order valence-corrected chi connectivity index (χ3v) is 3.04. The molecule has 104 valence electrons. The quantitative estimate of drug-likeness (QED) is 0.676. The monoisotopic (exact) mass is 257 g/mol. The number of ether oxygens (including phenoxy) is 2. The van der Waals surface area contributed by atoms with Gasteiger partial charge in [0.25, 0.3) is 0 Å². The second kappa shape index (κ2) is 5.59. The van der Waals surface area contributed by atoms with Gasteiger partial charge in [0.05, 0.1) is 13.0 Å². The molecule has 0 aromatic rings. The molecule has 0 aliphatic carbocycles. The van der Waals surface area contributed by atoms with E-state index in [2.05, 4.69) is 0 Å². The Bertz CT molecular complexity index is 321. The molecular formula is C13H23NO4. The summed E-state index contributed by atoms with van der Waals surface area (Å²) in [6.07, 6.45) is 0.959. The van der Waals surface area contributed by atoms with Crippen molar-refractivity contribution in [3.05, 3.63) is 0 Å². The second-order valence-electron chi connectivity index (χ2n) is 5.77. The van der Waals surface area contributed by atoms with E-state index < -0.39 is 5.60 Å². The number of carbonyl (C=O) groups is 2. The first-order valence-corrected chi connectivity index (χ1v) is 6.32. The minimum atomic E-state index is -0.490. The van der Waals surface area contributed by atoms with Crippen molar-refractivity contribution >= 4 is 12.1 Å². The summed E-state index contributed by atoms with van der Waals surface area (Å²) < 4.78 is 10.1. The molecule has 0 bridgehead atoms. The minimum Gasteiger partial charge on any atom is -0.469 e. The molecule has 0 aromatic heterocycles. The zero-order valence-corrected chi connectivity index (χ0v) is 11.9. The summed E-state index contributed by atoms with van der Waals surface area (Å²) in [4.78, 5) is 25.1. The van der Waals surface area contributed by atoms with E-state index in [-0.39, 0.29) is 24.0 Å². The van der Waals surface area contributed by atoms with E-state index in [1.807, 2.05) is 27.7 Å². The molecule has 1 amide bonds. The van der Waals surface area contributed by atoms with Crippen LogP contribution in [0.1, 0.15) is 40.5 Å². The van der Waals surface area contributed by atoms with Gasteiger partial charge in [-0.15, -0.1) is 0 Å². The molecule has 18 heavy (non-hydrogen) atoms. The van der Waals surface area contributed by atoms with Crippen molar-refractivity contribution in [1.29, 1.82) is 0 Å². The number of likely N-dealkylation sites (tertiary alicyclic amines) is 1. The van der Waals surface area contributed by atoms with Gasteiger partial charge in [-0.1, -0.05) is 0 Å². The highest BCUT2D eigenvalue weighted by Crippen LogP contribution is 2.25. The average molecular weight is 257 g/mol. The van der Waals surface area contributed by atoms with Crippen LogP contribution in [-0.2, 0) is 14.3 Å². The molecule has 0 saturated carbocycles. The molecule has 0 N–H and O–H groups in total. The highest BCUT2D eigenvalue weighted by atomic mass is 16.6. The average Bonchev–Trinajstić information content (AvgIpc) is 2.25. The number of rotatable bonds is 1. The molecule has 2 atom stereocenters. The highest BCUT2D eigenvalue weighted by molar-refractivity contribution is 5.73. The molecule has 1 saturated heterocycles. The summed E-state index contributed by atoms with van der Waals surface area (Å²) >= 11 is 0. The van der Waals surface area contributed by atoms with Gasteiger partial charge in [0.1, 0.15) is 5.60 Å². The van der Waals surface area contributed by atoms with Gasteiger partial charge in [0, 0.05) is 12.6 Å². The molecule has 5 heteroatoms. The van der Waals surface area contributed by atoms with E-state index >= 15 is 0 Å². The summed E-state index contributed by atoms with van der Waals surface area (Å²) in [5, 5.41) is 0. The van der Waals surface area contributed by atoms with Crippen LogP contribution in [0.5, 0.6) is 0 Å². The maximum atomic E-state index is 12.0. The molecule has 0 spiro atoms. The van der Waals surface area contributed by atoms with Crippen LogP contribution in [0, 0.1) is 5.92 Å². The molecule has 1 rings (SSSR count). The first kappa shape index (κ1) is 14.8. The van der Waals surface area contributed by atoms with Crippen molar-refractivity contribution in [3.8, 4) is 0 Å². The fourth-order valence-corrected chi connectivity index (χ4v) is 2.14. The minimum absolute atomic E-state index is 0.00213. The second-order valence-corrected chi connectivity index (χ2v) is 5.77. The fraction of sp³-hybridized carbons (Fsp3) is 0.846. The maximum Gasteiger partial charge on any atom is 0.410 e. The molecule has 0 aromatic carbocycles. The van der Waals surface area contributed by atoms with Crippen LogP contribution in [0.15, 0.2) is 0 Å². The van der Waals surface area contributed by atoms with E-state index in [0.29, 0.717) is 19.4 Å². The van der Waals surface area contributed by atoms with Crippen molar-refractivity contribution < 1.29 is 19.1 Å². The maximum absolute atomic E-state index is 12.0. The Labute approximate surface area is 108 Å². The van der Waals surface area contributed by atoms with Crippen molar-refractivity contribution in [2.24, 2.45) is 5.92 Å². The number of carbonyl (C=O) groups excluding carboxylic acids is 2. The number of amides is 1. The van der Waals surface area contributed by atoms with Crippen LogP contribution < -0.4 is 0 Å². The number of hydrogen-bond donors (Lipinski definition) is 0. The first-order chi connectivity index (χ1) is 8.24. The van der Waals surface area contributed by atoms with Gasteiger partial charge >= 0.3 is 12.1 Å². The van der Waals surface area contributed by atoms with Crippen LogP contribution in [0.25, 0.3) is 0 Å². The van der Waals surface area contributed by atoms with Gasteiger partial charge in [-0.3, -0.25) is 4.79 Å². The predicted octanol–water partition coefficient (Wildman–Crippen LogP) is 2.20. The molecule has 1 aliphatic heterocycles. The van der Waals surface area contributed by atoms with Crippen molar-refractivity contribution in [1.82, 2.24) is 4.90 Å². The zero-order chi connectivity index (χ0) is 13.9. The van der Waals surface area contributed by atoms with E-state index in [0.717, 1.165) is 0 Å². The number of hydrogen-bond acceptors (Lipinski definition) is 4. The van der Waals surface area contributed by atoms with Gasteiger partial charge < -0.3 is 14.4 Å². The third-order valence-electron chi connectivity index (χ3n) is 3.04. The lowest BCUT2D eigenvalue weighted by Gasteiger charge is -2.37. The number of esters is 1. The highest BCUT2D eigenvalue weighted by Gasteiger charge is 2.34. The summed E-state index contributed by atoms with van der Waals surface area (Å²) in [7, 11) is 1.40. The Morgan fingerprint density at radius 3 is 2.33 bits per heavy atom. The molecule has 0 radical (unpaired) electrons. The van der Waals surface area contributed by atoms with Crippen LogP contribution in [-0.4, -0.2) is 42.3 Å². The predicted molar refractivity (Wildman–Crippen MR) is 67.1 cm³/mol. The summed E-state index contributed by atoms with van der Waals surface area (Å²) in [5.74, 6) is -0.297. The van der Waals surface area contributed by atoms with Crippen molar-refractivity contribution in [3.63, 3.8) is 0 Å². The smallest absolute Gasteiger partial charge is 0.410 e. The van der Waals surface area contributed by atoms with Crippen molar-refractivity contribution in [2.45, 2.75) is 52.2 Å². The fourth-order valence-electron chi connectivity index (χ4n) is 2.14. The SMILES string of the molecule is COC(=O)[C@@H]1CCN(C(=O)OC(C)(C)C)[C@H](C)C1. The topological polar surface area (TPSA) is 55.8 Å². The van der Waals surface area contributed by atoms with Crippen LogP contribution in [0.3, 0.4) is 0 Å². The Morgan fingerprint density at radius 2 is 1.89 bits per heavy atom. The van der Waals surface area contributed by atoms with Crippen molar-refractivity contribution in [2.75, 3.05) is 13.7 Å². The number of piperidine rings is 1. The molecule has 1 heterocycles. The van der Waals surface area contributed by atoms with Gasteiger partial charge in [-0.05, 0) is 40.5 Å². The Hall–Kier alpha value is -1.26. The standard InChI is InChI=1S/C13H23NO4/c1-9-8-10(11(15)17-5)6-7-14(9)12(16)18-13(2,3)4/h9-10H,6-8H2,1-5H3/t9-,10-/m1/s1. The molecule has 1 aliphatic rings. The summed E-state index contributed by atoms with van der Waals surface area (Å²) in [5.41, 5.74) is -0.490. The van der Waals surface area contributed by atoms with Crippen LogP contribution >= 0.6 is 0 Å². The first-order valence-electron chi connectivity index (χ1n) is 6.32. The summed E-state index contributed by atoms with van der Waals surface area (Å²) in [6, 6.07) is -0.00213. The molecular weight excluding hydrogens is 234 g/mol. The van der Waals surface area contributed by atoms with E-state index in [1.54, 1.807) is 4.90 Å². The molecule has 5 nitrogen and oxygen atoms in total. The normalized spacial score (nSPS) is 24.6. The lowest BCUT2D eigenvalue weighted by molar-refractivity contribution is -0.147. The molecule has 1 fully saturated rings. The zero-order valence-electron chi connectivity index (χ0n) is 11.9. The lowest BCUT2D eigenvalue weighted by Crippen LogP contribution is -2.48. The Balaban J connectivity index is 2.57. The van der Waals surface area contributed by atoms with Gasteiger partial charge in [0.2, 0.25) is 0 Å². The van der Waals surface area contributed by atoms with E-state index in [4.69, 9.17) is 9.47 Å². The van der Waals surface area contributed by atoms with Gasteiger partial charge in [-0.25, -0.2) is 4.79 Å². The van der Waals surface area contributed by atoms with E-state index in [1.165, 1.54) is 7.11 Å². The molecule has 0 unspecified atom stereocenters. The summed E-state index contributed by atoms with van der Waals surface area (Å²) in [6.45, 7) is 8.00. The number of nitrogens with zero attached hydrogens (tertiary/aromatic N) is 1. The van der Waals surface area contributed by atoms with Gasteiger partial charge in [-0.2, -0.15) is 0 Å². The largest absolute Gasteiger partial charge is 0.469 e. The van der Waals surface area contributed by atoms with Gasteiger partial charge in [0.15, 0.2) is 0 Å². The van der Waals surface area contributed by atoms with E-state index in [9.17, 15) is 9.59 Å². The Morgan fingerprint density at radius 1 is 1.28 bits per heavy atom. The number of methoxy groups -OCH3 is 1. The lowest BCUT2D eigenvalue weighted by atomic mass is 9.92.